The quantitative estimate of drug-likeness (QED) is 0.354. The lowest BCUT2D eigenvalue weighted by molar-refractivity contribution is -0.384. The van der Waals surface area contributed by atoms with Crippen LogP contribution in [0.5, 0.6) is 0 Å². The summed E-state index contributed by atoms with van der Waals surface area (Å²) in [5, 5.41) is 20.9. The fourth-order valence-corrected chi connectivity index (χ4v) is 3.27. The van der Waals surface area contributed by atoms with Gasteiger partial charge in [-0.2, -0.15) is 0 Å². The molecule has 0 saturated heterocycles. The Balaban J connectivity index is 1.60. The van der Waals surface area contributed by atoms with E-state index in [1.807, 2.05) is 60.7 Å². The van der Waals surface area contributed by atoms with E-state index in [9.17, 15) is 14.9 Å². The molecule has 1 amide bonds. The van der Waals surface area contributed by atoms with Crippen LogP contribution in [0.1, 0.15) is 21.7 Å². The monoisotopic (exact) mass is 428 g/mol. The Morgan fingerprint density at radius 3 is 2.41 bits per heavy atom. The van der Waals surface area contributed by atoms with E-state index in [1.54, 1.807) is 24.1 Å². The highest BCUT2D eigenvalue weighted by atomic mass is 16.6. The molecule has 0 spiro atoms. The van der Waals surface area contributed by atoms with E-state index in [0.29, 0.717) is 17.9 Å². The first-order valence-electron chi connectivity index (χ1n) is 9.87. The van der Waals surface area contributed by atoms with Crippen molar-refractivity contribution in [3.63, 3.8) is 0 Å². The minimum Gasteiger partial charge on any atom is -0.281 e. The van der Waals surface area contributed by atoms with Gasteiger partial charge in [-0.3, -0.25) is 25.3 Å². The summed E-state index contributed by atoms with van der Waals surface area (Å²) in [6, 6.07) is 25.3. The van der Waals surface area contributed by atoms with Crippen molar-refractivity contribution in [1.82, 2.24) is 20.4 Å². The molecule has 32 heavy (non-hydrogen) atoms. The standard InChI is InChI=1S/C23H20N6O3/c1-17-22(24-26-28(17)20-13-8-14-21(15-20)29(31)32)23(30)25-27(19-11-6-3-7-12-19)16-18-9-4-2-5-10-18/h2-15H,16H2,1H3,(H,25,30). The number of amides is 1. The molecule has 0 saturated carbocycles. The number of nitro benzene ring substituents is 1. The van der Waals surface area contributed by atoms with Crippen LogP contribution in [0.2, 0.25) is 0 Å². The third-order valence-corrected chi connectivity index (χ3v) is 4.88. The van der Waals surface area contributed by atoms with Crippen molar-refractivity contribution in [2.24, 2.45) is 0 Å². The molecule has 9 nitrogen and oxygen atoms in total. The molecule has 0 aliphatic heterocycles. The zero-order valence-electron chi connectivity index (χ0n) is 17.3. The summed E-state index contributed by atoms with van der Waals surface area (Å²) in [6.45, 7) is 2.15. The fourth-order valence-electron chi connectivity index (χ4n) is 3.27. The van der Waals surface area contributed by atoms with Gasteiger partial charge in [0.2, 0.25) is 0 Å². The highest BCUT2D eigenvalue weighted by molar-refractivity contribution is 5.94. The number of benzene rings is 3. The summed E-state index contributed by atoms with van der Waals surface area (Å²) in [5.74, 6) is -0.432. The molecule has 0 unspecified atom stereocenters. The van der Waals surface area contributed by atoms with Crippen LogP contribution in [-0.4, -0.2) is 25.8 Å². The van der Waals surface area contributed by atoms with Crippen molar-refractivity contribution >= 4 is 17.3 Å². The van der Waals surface area contributed by atoms with E-state index in [4.69, 9.17) is 0 Å². The number of hydrazine groups is 1. The summed E-state index contributed by atoms with van der Waals surface area (Å²) < 4.78 is 1.41. The predicted octanol–water partition coefficient (Wildman–Crippen LogP) is 3.84. The van der Waals surface area contributed by atoms with Crippen LogP contribution >= 0.6 is 0 Å². The fraction of sp³-hybridized carbons (Fsp3) is 0.0870. The normalized spacial score (nSPS) is 10.5. The highest BCUT2D eigenvalue weighted by Gasteiger charge is 2.21. The average Bonchev–Trinajstić information content (AvgIpc) is 3.21. The molecule has 3 aromatic carbocycles. The molecule has 1 aromatic heterocycles. The van der Waals surface area contributed by atoms with Crippen LogP contribution in [0.25, 0.3) is 5.69 Å². The van der Waals surface area contributed by atoms with Gasteiger partial charge in [0.25, 0.3) is 11.6 Å². The van der Waals surface area contributed by atoms with Gasteiger partial charge in [-0.15, -0.1) is 5.10 Å². The Morgan fingerprint density at radius 2 is 1.72 bits per heavy atom. The Bertz CT molecular complexity index is 1240. The van der Waals surface area contributed by atoms with Crippen LogP contribution < -0.4 is 10.4 Å². The van der Waals surface area contributed by atoms with Gasteiger partial charge < -0.3 is 0 Å². The van der Waals surface area contributed by atoms with Crippen molar-refractivity contribution in [2.45, 2.75) is 13.5 Å². The number of carbonyl (C=O) groups is 1. The molecular formula is C23H20N6O3. The van der Waals surface area contributed by atoms with Gasteiger partial charge in [0.05, 0.1) is 28.5 Å². The Hall–Kier alpha value is -4.53. The van der Waals surface area contributed by atoms with E-state index in [2.05, 4.69) is 15.7 Å². The molecule has 4 rings (SSSR count). The lowest BCUT2D eigenvalue weighted by atomic mass is 10.2. The number of hydrogen-bond acceptors (Lipinski definition) is 6. The zero-order chi connectivity index (χ0) is 22.5. The number of rotatable bonds is 7. The first kappa shape index (κ1) is 20.7. The number of aromatic nitrogens is 3. The third-order valence-electron chi connectivity index (χ3n) is 4.88. The van der Waals surface area contributed by atoms with E-state index in [0.717, 1.165) is 11.3 Å². The second-order valence-corrected chi connectivity index (χ2v) is 7.06. The summed E-state index contributed by atoms with van der Waals surface area (Å²) in [6.07, 6.45) is 0. The smallest absolute Gasteiger partial charge is 0.281 e. The number of anilines is 1. The SMILES string of the molecule is Cc1c(C(=O)NN(Cc2ccccc2)c2ccccc2)nnn1-c1cccc([N+](=O)[O-])c1. The van der Waals surface area contributed by atoms with Crippen LogP contribution in [0, 0.1) is 17.0 Å². The predicted molar refractivity (Wildman–Crippen MR) is 119 cm³/mol. The van der Waals surface area contributed by atoms with Gasteiger partial charge >= 0.3 is 0 Å². The van der Waals surface area contributed by atoms with Crippen LogP contribution in [-0.2, 0) is 6.54 Å². The second-order valence-electron chi connectivity index (χ2n) is 7.06. The zero-order valence-corrected chi connectivity index (χ0v) is 17.3. The van der Waals surface area contributed by atoms with Crippen molar-refractivity contribution in [3.05, 3.63) is 112 Å². The van der Waals surface area contributed by atoms with Gasteiger partial charge in [-0.05, 0) is 30.7 Å². The van der Waals surface area contributed by atoms with Gasteiger partial charge in [0.1, 0.15) is 0 Å². The Labute approximate surface area is 184 Å². The second kappa shape index (κ2) is 9.09. The number of nitro groups is 1. The van der Waals surface area contributed by atoms with Gasteiger partial charge in [-0.1, -0.05) is 59.8 Å². The molecule has 0 atom stereocenters. The summed E-state index contributed by atoms with van der Waals surface area (Å²) in [4.78, 5) is 23.7. The van der Waals surface area contributed by atoms with Crippen molar-refractivity contribution < 1.29 is 9.72 Å². The molecule has 1 heterocycles. The topological polar surface area (TPSA) is 106 Å². The molecule has 160 valence electrons. The molecule has 0 fully saturated rings. The lowest BCUT2D eigenvalue weighted by Crippen LogP contribution is -2.42. The third kappa shape index (κ3) is 4.46. The maximum absolute atomic E-state index is 13.1. The van der Waals surface area contributed by atoms with Crippen LogP contribution in [0.4, 0.5) is 11.4 Å². The summed E-state index contributed by atoms with van der Waals surface area (Å²) >= 11 is 0. The maximum atomic E-state index is 13.1. The highest BCUT2D eigenvalue weighted by Crippen LogP contribution is 2.19. The molecule has 4 aromatic rings. The van der Waals surface area contributed by atoms with Gasteiger partial charge in [0.15, 0.2) is 5.69 Å². The van der Waals surface area contributed by atoms with Crippen molar-refractivity contribution in [1.29, 1.82) is 0 Å². The van der Waals surface area contributed by atoms with Crippen LogP contribution in [0.3, 0.4) is 0 Å². The minimum absolute atomic E-state index is 0.0680. The largest absolute Gasteiger partial charge is 0.292 e. The molecule has 0 radical (unpaired) electrons. The molecular weight excluding hydrogens is 408 g/mol. The first-order chi connectivity index (χ1) is 15.5. The number of carbonyl (C=O) groups excluding carboxylic acids is 1. The minimum atomic E-state index is -0.481. The van der Waals surface area contributed by atoms with Gasteiger partial charge in [-0.25, -0.2) is 4.68 Å². The Kier molecular flexibility index (Phi) is 5.89. The average molecular weight is 428 g/mol. The maximum Gasteiger partial charge on any atom is 0.292 e. The Morgan fingerprint density at radius 1 is 1.03 bits per heavy atom. The van der Waals surface area contributed by atoms with E-state index >= 15 is 0 Å². The van der Waals surface area contributed by atoms with E-state index < -0.39 is 10.8 Å². The number of para-hydroxylation sites is 1. The number of hydrogen-bond donors (Lipinski definition) is 1. The number of non-ortho nitro benzene ring substituents is 1. The lowest BCUT2D eigenvalue weighted by Gasteiger charge is -2.25. The number of nitrogens with zero attached hydrogens (tertiary/aromatic N) is 5. The van der Waals surface area contributed by atoms with Crippen molar-refractivity contribution in [3.8, 4) is 5.69 Å². The van der Waals surface area contributed by atoms with E-state index in [-0.39, 0.29) is 11.4 Å². The molecule has 9 heteroatoms. The molecule has 0 aliphatic rings. The molecule has 1 N–H and O–H groups in total. The summed E-state index contributed by atoms with van der Waals surface area (Å²) in [7, 11) is 0. The first-order valence-corrected chi connectivity index (χ1v) is 9.87. The van der Waals surface area contributed by atoms with E-state index in [1.165, 1.54) is 16.8 Å². The molecule has 0 aliphatic carbocycles. The van der Waals surface area contributed by atoms with Gasteiger partial charge in [0, 0.05) is 12.1 Å². The van der Waals surface area contributed by atoms with Crippen LogP contribution in [0.15, 0.2) is 84.9 Å². The summed E-state index contributed by atoms with van der Waals surface area (Å²) in [5.41, 5.74) is 5.72. The number of nitrogens with one attached hydrogen (secondary N) is 1. The van der Waals surface area contributed by atoms with Crippen molar-refractivity contribution in [2.75, 3.05) is 5.01 Å². The molecule has 0 bridgehead atoms.